The van der Waals surface area contributed by atoms with Gasteiger partial charge in [0, 0.05) is 7.05 Å². The van der Waals surface area contributed by atoms with Gasteiger partial charge in [-0.05, 0) is 19.1 Å². The van der Waals surface area contributed by atoms with Crippen molar-refractivity contribution in [1.29, 1.82) is 0 Å². The Bertz CT molecular complexity index is 1010. The summed E-state index contributed by atoms with van der Waals surface area (Å²) in [5.74, 6) is -2.12. The molecule has 2 rings (SSSR count). The number of carbonyl (C=O) groups is 3. The van der Waals surface area contributed by atoms with E-state index < -0.39 is 45.3 Å². The highest BCUT2D eigenvalue weighted by Crippen LogP contribution is 2.16. The van der Waals surface area contributed by atoms with Crippen LogP contribution in [0.4, 0.5) is 4.79 Å². The van der Waals surface area contributed by atoms with Crippen molar-refractivity contribution in [3.63, 3.8) is 0 Å². The number of ether oxygens (including phenoxy) is 2. The van der Waals surface area contributed by atoms with Crippen LogP contribution in [0.15, 0.2) is 39.1 Å². The molecule has 13 nitrogen and oxygen atoms in total. The van der Waals surface area contributed by atoms with Crippen LogP contribution in [0.3, 0.4) is 0 Å². The van der Waals surface area contributed by atoms with Crippen LogP contribution < -0.4 is 10.0 Å². The topological polar surface area (TPSA) is 176 Å². The monoisotopic (exact) mass is 441 g/mol. The number of rotatable bonds is 6. The summed E-state index contributed by atoms with van der Waals surface area (Å²) in [7, 11) is -1.86. The van der Waals surface area contributed by atoms with Crippen molar-refractivity contribution in [3.05, 3.63) is 29.8 Å². The normalized spacial score (nSPS) is 16.8. The Kier molecular flexibility index (Phi) is 6.94. The number of hydrogen-bond donors (Lipinski definition) is 3. The number of benzene rings is 1. The minimum Gasteiger partial charge on any atom is -0.479 e. The molecular formula is C16H19N5O8S. The molecule has 0 saturated carbocycles. The van der Waals surface area contributed by atoms with Crippen LogP contribution >= 0.6 is 0 Å². The fraction of sp³-hybridized carbons (Fsp3) is 0.312. The van der Waals surface area contributed by atoms with Crippen LogP contribution in [0.2, 0.25) is 0 Å². The van der Waals surface area contributed by atoms with Gasteiger partial charge in [-0.2, -0.15) is 4.99 Å². The summed E-state index contributed by atoms with van der Waals surface area (Å²) in [6.07, 6.45) is -1.28. The maximum absolute atomic E-state index is 12.5. The highest BCUT2D eigenvalue weighted by molar-refractivity contribution is 7.90. The molecule has 162 valence electrons. The van der Waals surface area contributed by atoms with Gasteiger partial charge in [0.15, 0.2) is 6.10 Å². The second kappa shape index (κ2) is 9.21. The third kappa shape index (κ3) is 5.44. The molecule has 30 heavy (non-hydrogen) atoms. The fourth-order valence-corrected chi connectivity index (χ4v) is 3.25. The third-order valence-corrected chi connectivity index (χ3v) is 5.00. The van der Waals surface area contributed by atoms with Gasteiger partial charge < -0.3 is 14.6 Å². The summed E-state index contributed by atoms with van der Waals surface area (Å²) in [4.78, 5) is 43.4. The zero-order valence-corrected chi connectivity index (χ0v) is 16.9. The Labute approximate surface area is 171 Å². The first-order chi connectivity index (χ1) is 14.0. The number of carboxylic acids is 1. The van der Waals surface area contributed by atoms with Crippen LogP contribution in [-0.4, -0.2) is 75.3 Å². The van der Waals surface area contributed by atoms with Crippen molar-refractivity contribution in [1.82, 2.24) is 14.9 Å². The second-order valence-electron chi connectivity index (χ2n) is 5.83. The SMILES string of the molecule is COC(=O)c1ccccc1S(=O)(=O)NC(=O)NC1N=CN(C)C(OC(C)C(=O)O)=N1. The summed E-state index contributed by atoms with van der Waals surface area (Å²) in [5.41, 5.74) is -0.256. The zero-order chi connectivity index (χ0) is 22.5. The number of methoxy groups -OCH3 is 1. The van der Waals surface area contributed by atoms with Crippen LogP contribution in [-0.2, 0) is 24.3 Å². The highest BCUT2D eigenvalue weighted by Gasteiger charge is 2.27. The third-order valence-electron chi connectivity index (χ3n) is 3.61. The molecule has 0 fully saturated rings. The van der Waals surface area contributed by atoms with Crippen LogP contribution in [0.25, 0.3) is 0 Å². The molecule has 1 aliphatic rings. The molecule has 0 saturated heterocycles. The van der Waals surface area contributed by atoms with Crippen LogP contribution in [0.1, 0.15) is 17.3 Å². The van der Waals surface area contributed by atoms with Gasteiger partial charge in [0.25, 0.3) is 16.0 Å². The van der Waals surface area contributed by atoms with Crippen molar-refractivity contribution in [2.24, 2.45) is 9.98 Å². The molecular weight excluding hydrogens is 422 g/mol. The maximum atomic E-state index is 12.5. The van der Waals surface area contributed by atoms with Crippen LogP contribution in [0.5, 0.6) is 0 Å². The number of aliphatic imine (C=N–C) groups is 2. The molecule has 0 radical (unpaired) electrons. The molecule has 14 heteroatoms. The van der Waals surface area contributed by atoms with E-state index in [0.29, 0.717) is 0 Å². The lowest BCUT2D eigenvalue weighted by Crippen LogP contribution is -2.46. The van der Waals surface area contributed by atoms with E-state index in [1.54, 1.807) is 4.72 Å². The van der Waals surface area contributed by atoms with Crippen molar-refractivity contribution >= 4 is 40.4 Å². The standard InChI is InChI=1S/C16H19N5O8S/c1-9(12(22)23)29-16-19-14(17-8-21(16)2)18-15(25)20-30(26,27)11-7-5-4-6-10(11)13(24)28-3/h4-9,14H,1-3H3,(H,22,23)(H2,18,20,25). The van der Waals surface area contributed by atoms with Crippen molar-refractivity contribution in [2.75, 3.05) is 14.2 Å². The van der Waals surface area contributed by atoms with Crippen molar-refractivity contribution in [2.45, 2.75) is 24.2 Å². The molecule has 1 aromatic carbocycles. The lowest BCUT2D eigenvalue weighted by molar-refractivity contribution is -0.145. The predicted octanol–water partition coefficient (Wildman–Crippen LogP) is -0.436. The number of aliphatic carboxylic acids is 1. The molecule has 2 amide bonds. The summed E-state index contributed by atoms with van der Waals surface area (Å²) in [6.45, 7) is 1.28. The predicted molar refractivity (Wildman–Crippen MR) is 102 cm³/mol. The lowest BCUT2D eigenvalue weighted by atomic mass is 10.2. The lowest BCUT2D eigenvalue weighted by Gasteiger charge is -2.24. The smallest absolute Gasteiger partial charge is 0.344 e. The molecule has 1 aromatic rings. The van der Waals surface area contributed by atoms with E-state index in [1.165, 1.54) is 43.4 Å². The summed E-state index contributed by atoms with van der Waals surface area (Å²) >= 11 is 0. The largest absolute Gasteiger partial charge is 0.479 e. The molecule has 2 atom stereocenters. The maximum Gasteiger partial charge on any atom is 0.344 e. The number of amidine groups is 1. The molecule has 0 bridgehead atoms. The van der Waals surface area contributed by atoms with E-state index in [2.05, 4.69) is 20.0 Å². The summed E-state index contributed by atoms with van der Waals surface area (Å²) in [6, 6.07) is 3.84. The molecule has 0 aliphatic carbocycles. The number of amides is 2. The Balaban J connectivity index is 2.13. The van der Waals surface area contributed by atoms with E-state index >= 15 is 0 Å². The van der Waals surface area contributed by atoms with E-state index in [1.807, 2.05) is 0 Å². The first-order valence-corrected chi connectivity index (χ1v) is 9.77. The molecule has 1 heterocycles. The average Bonchev–Trinajstić information content (AvgIpc) is 2.69. The Hall–Kier alpha value is -3.68. The van der Waals surface area contributed by atoms with Gasteiger partial charge in [-0.15, -0.1) is 0 Å². The second-order valence-corrected chi connectivity index (χ2v) is 7.48. The molecule has 3 N–H and O–H groups in total. The number of hydrogen-bond acceptors (Lipinski definition) is 10. The number of carbonyl (C=O) groups excluding carboxylic acids is 2. The van der Waals surface area contributed by atoms with E-state index in [9.17, 15) is 22.8 Å². The number of nitrogens with zero attached hydrogens (tertiary/aromatic N) is 3. The minimum atomic E-state index is -4.43. The van der Waals surface area contributed by atoms with E-state index in [-0.39, 0.29) is 11.6 Å². The van der Waals surface area contributed by atoms with Gasteiger partial charge in [-0.3, -0.25) is 10.2 Å². The summed E-state index contributed by atoms with van der Waals surface area (Å²) in [5, 5.41) is 11.1. The van der Waals surface area contributed by atoms with E-state index in [0.717, 1.165) is 13.2 Å². The number of nitrogens with one attached hydrogen (secondary N) is 2. The van der Waals surface area contributed by atoms with Gasteiger partial charge in [-0.1, -0.05) is 12.1 Å². The molecule has 1 aliphatic heterocycles. The highest BCUT2D eigenvalue weighted by atomic mass is 32.2. The Morgan fingerprint density at radius 1 is 1.27 bits per heavy atom. The van der Waals surface area contributed by atoms with Crippen molar-refractivity contribution < 1.29 is 37.4 Å². The van der Waals surface area contributed by atoms with E-state index in [4.69, 9.17) is 9.84 Å². The molecule has 2 unspecified atom stereocenters. The number of carboxylic acid groups (broad SMARTS) is 1. The van der Waals surface area contributed by atoms with Gasteiger partial charge in [0.2, 0.25) is 6.29 Å². The minimum absolute atomic E-state index is 0.149. The van der Waals surface area contributed by atoms with Gasteiger partial charge in [-0.25, -0.2) is 32.5 Å². The molecule has 0 aromatic heterocycles. The number of urea groups is 1. The number of sulfonamides is 1. The zero-order valence-electron chi connectivity index (χ0n) is 16.1. The first kappa shape index (κ1) is 22.6. The summed E-state index contributed by atoms with van der Waals surface area (Å²) < 4.78 is 36.5. The van der Waals surface area contributed by atoms with Crippen LogP contribution in [0, 0.1) is 0 Å². The first-order valence-electron chi connectivity index (χ1n) is 8.29. The quantitative estimate of drug-likeness (QED) is 0.494. The molecule has 0 spiro atoms. The van der Waals surface area contributed by atoms with Gasteiger partial charge in [0.05, 0.1) is 19.0 Å². The Morgan fingerprint density at radius 2 is 1.93 bits per heavy atom. The Morgan fingerprint density at radius 3 is 2.57 bits per heavy atom. The average molecular weight is 441 g/mol. The fourth-order valence-electron chi connectivity index (χ4n) is 2.14. The van der Waals surface area contributed by atoms with Crippen molar-refractivity contribution in [3.8, 4) is 0 Å². The van der Waals surface area contributed by atoms with Gasteiger partial charge >= 0.3 is 18.0 Å². The van der Waals surface area contributed by atoms with Gasteiger partial charge in [0.1, 0.15) is 4.90 Å². The number of esters is 1.